The van der Waals surface area contributed by atoms with Crippen molar-refractivity contribution >= 4 is 33.2 Å². The van der Waals surface area contributed by atoms with Crippen LogP contribution in [0.25, 0.3) is 27.5 Å². The van der Waals surface area contributed by atoms with Gasteiger partial charge >= 0.3 is 0 Å². The van der Waals surface area contributed by atoms with E-state index in [0.717, 1.165) is 24.2 Å². The molecule has 1 N–H and O–H groups in total. The van der Waals surface area contributed by atoms with Gasteiger partial charge in [-0.3, -0.25) is 0 Å². The van der Waals surface area contributed by atoms with Crippen LogP contribution < -0.4 is 5.32 Å². The van der Waals surface area contributed by atoms with Crippen LogP contribution in [-0.2, 0) is 12.8 Å². The Morgan fingerprint density at radius 3 is 1.67 bits per heavy atom. The first kappa shape index (κ1) is 18.5. The van der Waals surface area contributed by atoms with Gasteiger partial charge in [0, 0.05) is 27.8 Å². The van der Waals surface area contributed by atoms with Gasteiger partial charge in [-0.1, -0.05) is 44.2 Å². The van der Waals surface area contributed by atoms with Gasteiger partial charge in [0.05, 0.1) is 11.0 Å². The lowest BCUT2D eigenvalue weighted by atomic mass is 10.1. The van der Waals surface area contributed by atoms with E-state index in [9.17, 15) is 0 Å². The number of rotatable bonds is 5. The molecule has 0 aliphatic rings. The minimum Gasteiger partial charge on any atom is -0.356 e. The average molecular weight is 391 g/mol. The van der Waals surface area contributed by atoms with E-state index in [1.54, 1.807) is 0 Å². The predicted octanol–water partition coefficient (Wildman–Crippen LogP) is 7.65. The van der Waals surface area contributed by atoms with E-state index in [0.29, 0.717) is 0 Å². The van der Waals surface area contributed by atoms with Crippen molar-refractivity contribution in [3.05, 3.63) is 102 Å². The van der Waals surface area contributed by atoms with Crippen LogP contribution in [-0.4, -0.2) is 4.57 Å². The molecular weight excluding hydrogens is 364 g/mol. The molecule has 0 fully saturated rings. The fourth-order valence-electron chi connectivity index (χ4n) is 4.22. The van der Waals surface area contributed by atoms with Gasteiger partial charge in [-0.15, -0.1) is 0 Å². The molecule has 148 valence electrons. The van der Waals surface area contributed by atoms with E-state index in [1.165, 1.54) is 38.6 Å². The smallest absolute Gasteiger partial charge is 0.0541 e. The van der Waals surface area contributed by atoms with Gasteiger partial charge in [-0.05, 0) is 84.6 Å². The zero-order chi connectivity index (χ0) is 20.5. The highest BCUT2D eigenvalue weighted by Gasteiger charge is 2.13. The molecule has 0 bridgehead atoms. The lowest BCUT2D eigenvalue weighted by molar-refractivity contribution is 1.13. The average Bonchev–Trinajstić information content (AvgIpc) is 3.13. The lowest BCUT2D eigenvalue weighted by Gasteiger charge is -2.11. The molecule has 5 aromatic rings. The fourth-order valence-corrected chi connectivity index (χ4v) is 4.22. The standard InChI is InChI=1S/C28H26N2/c1-3-20-10-16-27-25(18-20)26-19-21(4-2)11-17-28(26)30(27)24-14-12-23(13-15-24)29-22-8-6-5-7-9-22/h5-19,29H,3-4H2,1-2H3. The van der Waals surface area contributed by atoms with E-state index in [2.05, 4.69) is 96.5 Å². The van der Waals surface area contributed by atoms with Gasteiger partial charge in [0.2, 0.25) is 0 Å². The number of hydrogen-bond acceptors (Lipinski definition) is 1. The Morgan fingerprint density at radius 2 is 1.13 bits per heavy atom. The Hall–Kier alpha value is -3.52. The summed E-state index contributed by atoms with van der Waals surface area (Å²) in [5, 5.41) is 6.15. The molecule has 0 aliphatic heterocycles. The quantitative estimate of drug-likeness (QED) is 0.326. The molecule has 0 radical (unpaired) electrons. The summed E-state index contributed by atoms with van der Waals surface area (Å²) in [6.45, 7) is 4.44. The number of aromatic nitrogens is 1. The first-order valence-electron chi connectivity index (χ1n) is 10.8. The molecule has 0 spiro atoms. The molecule has 0 saturated heterocycles. The highest BCUT2D eigenvalue weighted by atomic mass is 15.0. The fraction of sp³-hybridized carbons (Fsp3) is 0.143. The lowest BCUT2D eigenvalue weighted by Crippen LogP contribution is -1.95. The van der Waals surface area contributed by atoms with Crippen molar-refractivity contribution in [3.63, 3.8) is 0 Å². The zero-order valence-electron chi connectivity index (χ0n) is 17.5. The molecule has 0 atom stereocenters. The van der Waals surface area contributed by atoms with Gasteiger partial charge in [0.1, 0.15) is 0 Å². The third kappa shape index (κ3) is 3.25. The highest BCUT2D eigenvalue weighted by Crippen LogP contribution is 2.34. The number of aryl methyl sites for hydroxylation is 2. The first-order valence-corrected chi connectivity index (χ1v) is 10.8. The molecule has 0 saturated carbocycles. The Balaban J connectivity index is 1.64. The number of anilines is 2. The summed E-state index contributed by atoms with van der Waals surface area (Å²) in [7, 11) is 0. The van der Waals surface area contributed by atoms with Crippen LogP contribution in [0.1, 0.15) is 25.0 Å². The summed E-state index contributed by atoms with van der Waals surface area (Å²) in [4.78, 5) is 0. The molecule has 1 aromatic heterocycles. The van der Waals surface area contributed by atoms with Crippen LogP contribution in [0.15, 0.2) is 91.0 Å². The van der Waals surface area contributed by atoms with Crippen LogP contribution in [0.3, 0.4) is 0 Å². The normalized spacial score (nSPS) is 11.3. The van der Waals surface area contributed by atoms with E-state index in [4.69, 9.17) is 0 Å². The van der Waals surface area contributed by atoms with Crippen molar-refractivity contribution in [3.8, 4) is 5.69 Å². The number of nitrogens with one attached hydrogen (secondary N) is 1. The number of benzene rings is 4. The second-order valence-electron chi connectivity index (χ2n) is 7.78. The summed E-state index contributed by atoms with van der Waals surface area (Å²) in [6.07, 6.45) is 2.10. The van der Waals surface area contributed by atoms with Crippen LogP contribution in [0.5, 0.6) is 0 Å². The Labute approximate surface area is 177 Å². The largest absolute Gasteiger partial charge is 0.356 e. The van der Waals surface area contributed by atoms with E-state index in [1.807, 2.05) is 18.2 Å². The number of para-hydroxylation sites is 1. The first-order chi connectivity index (χ1) is 14.8. The monoisotopic (exact) mass is 390 g/mol. The molecular formula is C28H26N2. The summed E-state index contributed by atoms with van der Waals surface area (Å²) in [5.41, 5.74) is 8.66. The van der Waals surface area contributed by atoms with Gasteiger partial charge < -0.3 is 9.88 Å². The van der Waals surface area contributed by atoms with E-state index >= 15 is 0 Å². The van der Waals surface area contributed by atoms with Crippen LogP contribution in [0, 0.1) is 0 Å². The summed E-state index contributed by atoms with van der Waals surface area (Å²) < 4.78 is 2.38. The third-order valence-corrected chi connectivity index (χ3v) is 5.90. The van der Waals surface area contributed by atoms with Crippen LogP contribution in [0.4, 0.5) is 11.4 Å². The second-order valence-corrected chi connectivity index (χ2v) is 7.78. The summed E-state index contributed by atoms with van der Waals surface area (Å²) >= 11 is 0. The zero-order valence-corrected chi connectivity index (χ0v) is 17.5. The Morgan fingerprint density at radius 1 is 0.600 bits per heavy atom. The molecule has 0 aliphatic carbocycles. The Bertz CT molecular complexity index is 1250. The summed E-state index contributed by atoms with van der Waals surface area (Å²) in [5.74, 6) is 0. The minimum absolute atomic E-state index is 1.05. The van der Waals surface area contributed by atoms with Crippen molar-refractivity contribution in [1.82, 2.24) is 4.57 Å². The topological polar surface area (TPSA) is 17.0 Å². The van der Waals surface area contributed by atoms with E-state index < -0.39 is 0 Å². The van der Waals surface area contributed by atoms with Crippen molar-refractivity contribution in [2.45, 2.75) is 26.7 Å². The van der Waals surface area contributed by atoms with Gasteiger partial charge in [0.15, 0.2) is 0 Å². The number of fused-ring (bicyclic) bond motifs is 3. The maximum atomic E-state index is 3.47. The molecule has 30 heavy (non-hydrogen) atoms. The van der Waals surface area contributed by atoms with Crippen molar-refractivity contribution in [2.24, 2.45) is 0 Å². The molecule has 4 aromatic carbocycles. The molecule has 0 amide bonds. The van der Waals surface area contributed by atoms with Crippen LogP contribution in [0.2, 0.25) is 0 Å². The van der Waals surface area contributed by atoms with Gasteiger partial charge in [0.25, 0.3) is 0 Å². The Kier molecular flexibility index (Phi) is 4.76. The molecule has 1 heterocycles. The summed E-state index contributed by atoms with van der Waals surface area (Å²) in [6, 6.07) is 32.8. The van der Waals surface area contributed by atoms with Gasteiger partial charge in [-0.25, -0.2) is 0 Å². The predicted molar refractivity (Wildman–Crippen MR) is 129 cm³/mol. The SMILES string of the molecule is CCc1ccc2c(c1)c1cc(CC)ccc1n2-c1ccc(Nc2ccccc2)cc1. The van der Waals surface area contributed by atoms with Crippen molar-refractivity contribution < 1.29 is 0 Å². The van der Waals surface area contributed by atoms with Gasteiger partial charge in [-0.2, -0.15) is 0 Å². The van der Waals surface area contributed by atoms with E-state index in [-0.39, 0.29) is 0 Å². The number of nitrogens with zero attached hydrogens (tertiary/aromatic N) is 1. The molecule has 2 nitrogen and oxygen atoms in total. The maximum Gasteiger partial charge on any atom is 0.0541 e. The molecule has 5 rings (SSSR count). The van der Waals surface area contributed by atoms with Crippen molar-refractivity contribution in [1.29, 1.82) is 0 Å². The highest BCUT2D eigenvalue weighted by molar-refractivity contribution is 6.09. The van der Waals surface area contributed by atoms with Crippen molar-refractivity contribution in [2.75, 3.05) is 5.32 Å². The number of hydrogen-bond donors (Lipinski definition) is 1. The molecule has 2 heteroatoms. The third-order valence-electron chi connectivity index (χ3n) is 5.90. The maximum absolute atomic E-state index is 3.47. The molecule has 0 unspecified atom stereocenters. The van der Waals surface area contributed by atoms with Crippen LogP contribution >= 0.6 is 0 Å². The second kappa shape index (κ2) is 7.72. The minimum atomic E-state index is 1.05.